The first-order chi connectivity index (χ1) is 24.8. The predicted octanol–water partition coefficient (Wildman–Crippen LogP) is 13.8. The van der Waals surface area contributed by atoms with Crippen LogP contribution in [0.3, 0.4) is 0 Å². The molecule has 0 N–H and O–H groups in total. The van der Waals surface area contributed by atoms with Gasteiger partial charge in [-0.1, -0.05) is 152 Å². The number of furan rings is 1. The van der Waals surface area contributed by atoms with E-state index in [2.05, 4.69) is 193 Å². The van der Waals surface area contributed by atoms with E-state index in [0.29, 0.717) is 0 Å². The lowest BCUT2D eigenvalue weighted by atomic mass is 9.98. The van der Waals surface area contributed by atoms with Gasteiger partial charge in [0.15, 0.2) is 0 Å². The van der Waals surface area contributed by atoms with E-state index in [1.807, 2.05) is 0 Å². The van der Waals surface area contributed by atoms with Crippen molar-refractivity contribution in [3.05, 3.63) is 188 Å². The first-order valence-electron chi connectivity index (χ1n) is 17.1. The summed E-state index contributed by atoms with van der Waals surface area (Å²) >= 11 is 0. The number of hydrogen-bond donors (Lipinski definition) is 0. The quantitative estimate of drug-likeness (QED) is 0.175. The van der Waals surface area contributed by atoms with Crippen LogP contribution in [-0.2, 0) is 0 Å². The van der Waals surface area contributed by atoms with Crippen LogP contribution in [-0.4, -0.2) is 0 Å². The molecule has 0 aliphatic heterocycles. The van der Waals surface area contributed by atoms with Crippen molar-refractivity contribution in [1.82, 2.24) is 0 Å². The molecule has 2 heteroatoms. The Morgan fingerprint density at radius 1 is 0.320 bits per heavy atom. The lowest BCUT2D eigenvalue weighted by Crippen LogP contribution is -2.11. The Morgan fingerprint density at radius 3 is 1.74 bits per heavy atom. The maximum Gasteiger partial charge on any atom is 0.143 e. The molecule has 0 saturated carbocycles. The molecule has 10 aromatic rings. The molecular formula is C48H31NO. The van der Waals surface area contributed by atoms with Crippen LogP contribution in [0.25, 0.3) is 76.5 Å². The fourth-order valence-electron chi connectivity index (χ4n) is 7.64. The maximum atomic E-state index is 6.84. The summed E-state index contributed by atoms with van der Waals surface area (Å²) in [5.41, 5.74) is 9.64. The minimum Gasteiger partial charge on any atom is -0.455 e. The van der Waals surface area contributed by atoms with Gasteiger partial charge in [0.05, 0.1) is 5.69 Å². The van der Waals surface area contributed by atoms with Crippen LogP contribution in [0.5, 0.6) is 0 Å². The smallest absolute Gasteiger partial charge is 0.143 e. The average molecular weight is 638 g/mol. The predicted molar refractivity (Wildman–Crippen MR) is 212 cm³/mol. The first kappa shape index (κ1) is 28.4. The SMILES string of the molecule is c1ccc(-c2ccc(N(c3ccc4c(ccc5ccccc54)c3)c3ccccc3-c3cccc4c3oc3c5ccccc5ccc43)cc2)cc1. The third-order valence-electron chi connectivity index (χ3n) is 10.0. The zero-order valence-corrected chi connectivity index (χ0v) is 27.3. The summed E-state index contributed by atoms with van der Waals surface area (Å²) in [5, 5.41) is 9.52. The van der Waals surface area contributed by atoms with Gasteiger partial charge in [0.1, 0.15) is 11.2 Å². The molecule has 0 unspecified atom stereocenters. The fraction of sp³-hybridized carbons (Fsp3) is 0. The van der Waals surface area contributed by atoms with Crippen LogP contribution >= 0.6 is 0 Å². The van der Waals surface area contributed by atoms with E-state index in [1.165, 1.54) is 38.1 Å². The van der Waals surface area contributed by atoms with Gasteiger partial charge < -0.3 is 9.32 Å². The second kappa shape index (κ2) is 11.5. The lowest BCUT2D eigenvalue weighted by Gasteiger charge is -2.28. The van der Waals surface area contributed by atoms with Crippen molar-refractivity contribution in [2.75, 3.05) is 4.90 Å². The van der Waals surface area contributed by atoms with Crippen LogP contribution in [0.4, 0.5) is 17.1 Å². The molecule has 234 valence electrons. The zero-order chi connectivity index (χ0) is 33.0. The monoisotopic (exact) mass is 637 g/mol. The zero-order valence-electron chi connectivity index (χ0n) is 27.3. The highest BCUT2D eigenvalue weighted by Gasteiger charge is 2.21. The second-order valence-corrected chi connectivity index (χ2v) is 12.9. The summed E-state index contributed by atoms with van der Waals surface area (Å²) in [4.78, 5) is 2.38. The van der Waals surface area contributed by atoms with Gasteiger partial charge in [-0.05, 0) is 74.5 Å². The van der Waals surface area contributed by atoms with Gasteiger partial charge >= 0.3 is 0 Å². The van der Waals surface area contributed by atoms with E-state index in [0.717, 1.165) is 55.5 Å². The van der Waals surface area contributed by atoms with Crippen molar-refractivity contribution < 1.29 is 4.42 Å². The summed E-state index contributed by atoms with van der Waals surface area (Å²) in [6, 6.07) is 67.4. The largest absolute Gasteiger partial charge is 0.455 e. The molecule has 0 radical (unpaired) electrons. The average Bonchev–Trinajstić information content (AvgIpc) is 3.58. The first-order valence-corrected chi connectivity index (χ1v) is 17.1. The van der Waals surface area contributed by atoms with E-state index in [4.69, 9.17) is 4.42 Å². The summed E-state index contributed by atoms with van der Waals surface area (Å²) < 4.78 is 6.84. The van der Waals surface area contributed by atoms with Gasteiger partial charge in [0.2, 0.25) is 0 Å². The van der Waals surface area contributed by atoms with Crippen LogP contribution in [0, 0.1) is 0 Å². The Kier molecular flexibility index (Phi) is 6.53. The van der Waals surface area contributed by atoms with Crippen molar-refractivity contribution in [3.63, 3.8) is 0 Å². The highest BCUT2D eigenvalue weighted by molar-refractivity contribution is 6.18. The number of para-hydroxylation sites is 2. The van der Waals surface area contributed by atoms with Gasteiger partial charge in [0.25, 0.3) is 0 Å². The summed E-state index contributed by atoms with van der Waals surface area (Å²) in [5.74, 6) is 0. The third-order valence-corrected chi connectivity index (χ3v) is 10.0. The Hall–Kier alpha value is -6.64. The molecule has 0 fully saturated rings. The highest BCUT2D eigenvalue weighted by atomic mass is 16.3. The van der Waals surface area contributed by atoms with Crippen molar-refractivity contribution in [3.8, 4) is 22.3 Å². The van der Waals surface area contributed by atoms with Crippen molar-refractivity contribution >= 4 is 71.3 Å². The Morgan fingerprint density at radius 2 is 0.880 bits per heavy atom. The van der Waals surface area contributed by atoms with Crippen LogP contribution in [0.2, 0.25) is 0 Å². The topological polar surface area (TPSA) is 16.4 Å². The van der Waals surface area contributed by atoms with E-state index in [-0.39, 0.29) is 0 Å². The molecule has 50 heavy (non-hydrogen) atoms. The Balaban J connectivity index is 1.20. The molecular weight excluding hydrogens is 607 g/mol. The molecule has 1 heterocycles. The van der Waals surface area contributed by atoms with Gasteiger partial charge in [-0.15, -0.1) is 0 Å². The van der Waals surface area contributed by atoms with E-state index in [9.17, 15) is 0 Å². The number of nitrogens with zero attached hydrogens (tertiary/aromatic N) is 1. The molecule has 0 aliphatic carbocycles. The summed E-state index contributed by atoms with van der Waals surface area (Å²) in [7, 11) is 0. The molecule has 0 atom stereocenters. The lowest BCUT2D eigenvalue weighted by molar-refractivity contribution is 0.674. The molecule has 0 aliphatic rings. The number of benzene rings is 9. The molecule has 2 nitrogen and oxygen atoms in total. The molecule has 0 spiro atoms. The van der Waals surface area contributed by atoms with Gasteiger partial charge in [-0.3, -0.25) is 0 Å². The molecule has 0 saturated heterocycles. The Bertz CT molecular complexity index is 2870. The van der Waals surface area contributed by atoms with Crippen LogP contribution in [0.15, 0.2) is 192 Å². The van der Waals surface area contributed by atoms with Crippen LogP contribution < -0.4 is 4.90 Å². The van der Waals surface area contributed by atoms with Gasteiger partial charge in [-0.25, -0.2) is 0 Å². The van der Waals surface area contributed by atoms with E-state index in [1.54, 1.807) is 0 Å². The number of anilines is 3. The molecule has 1 aromatic heterocycles. The third kappa shape index (κ3) is 4.57. The van der Waals surface area contributed by atoms with Crippen molar-refractivity contribution in [2.24, 2.45) is 0 Å². The van der Waals surface area contributed by atoms with Crippen molar-refractivity contribution in [2.45, 2.75) is 0 Å². The summed E-state index contributed by atoms with van der Waals surface area (Å²) in [6.45, 7) is 0. The van der Waals surface area contributed by atoms with E-state index >= 15 is 0 Å². The molecule has 0 amide bonds. The fourth-order valence-corrected chi connectivity index (χ4v) is 7.64. The number of rotatable bonds is 5. The normalized spacial score (nSPS) is 11.6. The maximum absolute atomic E-state index is 6.84. The van der Waals surface area contributed by atoms with Gasteiger partial charge in [0, 0.05) is 38.7 Å². The molecule has 9 aromatic carbocycles. The minimum absolute atomic E-state index is 0.899. The number of hydrogen-bond acceptors (Lipinski definition) is 2. The number of fused-ring (bicyclic) bond motifs is 8. The van der Waals surface area contributed by atoms with Crippen LogP contribution in [0.1, 0.15) is 0 Å². The van der Waals surface area contributed by atoms with Crippen molar-refractivity contribution in [1.29, 1.82) is 0 Å². The Labute approximate surface area is 290 Å². The van der Waals surface area contributed by atoms with E-state index < -0.39 is 0 Å². The standard InChI is InChI=1S/C48H31NO/c1-2-11-32(12-3-1)33-23-26-37(27-24-33)49(38-28-30-40-36(31-38)22-21-34-13-4-6-15-39(34)40)46-20-9-8-17-42(46)43-18-10-19-44-45-29-25-35-14-5-7-16-41(35)47(45)50-48(43)44/h1-31H. The van der Waals surface area contributed by atoms with Gasteiger partial charge in [-0.2, -0.15) is 0 Å². The molecule has 10 rings (SSSR count). The second-order valence-electron chi connectivity index (χ2n) is 12.9. The minimum atomic E-state index is 0.899. The highest BCUT2D eigenvalue weighted by Crippen LogP contribution is 2.46. The summed E-state index contributed by atoms with van der Waals surface area (Å²) in [6.07, 6.45) is 0. The molecule has 0 bridgehead atoms.